The zero-order valence-corrected chi connectivity index (χ0v) is 15.2. The van der Waals surface area contributed by atoms with Gasteiger partial charge in [0.2, 0.25) is 0 Å². The van der Waals surface area contributed by atoms with E-state index >= 15 is 0 Å². The molecule has 7 heteroatoms. The van der Waals surface area contributed by atoms with Crippen molar-refractivity contribution >= 4 is 17.4 Å². The summed E-state index contributed by atoms with van der Waals surface area (Å²) in [7, 11) is 0. The van der Waals surface area contributed by atoms with E-state index in [4.69, 9.17) is 10.5 Å². The van der Waals surface area contributed by atoms with Gasteiger partial charge in [-0.1, -0.05) is 6.07 Å². The fourth-order valence-corrected chi connectivity index (χ4v) is 3.16. The Morgan fingerprint density at radius 1 is 1.11 bits per heavy atom. The molecule has 2 aromatic rings. The van der Waals surface area contributed by atoms with Crippen molar-refractivity contribution < 1.29 is 13.9 Å². The predicted octanol–water partition coefficient (Wildman–Crippen LogP) is 2.91. The van der Waals surface area contributed by atoms with Crippen LogP contribution in [0.2, 0.25) is 0 Å². The Labute approximate surface area is 158 Å². The van der Waals surface area contributed by atoms with Crippen molar-refractivity contribution in [3.63, 3.8) is 0 Å². The highest BCUT2D eigenvalue weighted by Gasteiger charge is 2.17. The van der Waals surface area contributed by atoms with Crippen LogP contribution in [-0.4, -0.2) is 50.3 Å². The van der Waals surface area contributed by atoms with E-state index in [1.807, 2.05) is 18.2 Å². The van der Waals surface area contributed by atoms with Gasteiger partial charge in [-0.2, -0.15) is 0 Å². The number of nitrogens with zero attached hydrogens (tertiary/aromatic N) is 2. The summed E-state index contributed by atoms with van der Waals surface area (Å²) in [6.07, 6.45) is 0.932. The van der Waals surface area contributed by atoms with Crippen molar-refractivity contribution in [2.45, 2.75) is 6.42 Å². The van der Waals surface area contributed by atoms with E-state index in [9.17, 15) is 9.18 Å². The largest absolute Gasteiger partial charge is 0.494 e. The van der Waals surface area contributed by atoms with Crippen LogP contribution < -0.4 is 20.7 Å². The Hall–Kier alpha value is -2.80. The van der Waals surface area contributed by atoms with E-state index in [0.29, 0.717) is 12.3 Å². The third-order valence-electron chi connectivity index (χ3n) is 4.55. The van der Waals surface area contributed by atoms with Crippen molar-refractivity contribution in [3.05, 3.63) is 54.3 Å². The fourth-order valence-electron chi connectivity index (χ4n) is 3.16. The highest BCUT2D eigenvalue weighted by atomic mass is 19.1. The molecule has 2 aromatic carbocycles. The number of anilines is 2. The lowest BCUT2D eigenvalue weighted by atomic mass is 10.2. The Morgan fingerprint density at radius 3 is 2.52 bits per heavy atom. The third-order valence-corrected chi connectivity index (χ3v) is 4.55. The van der Waals surface area contributed by atoms with Crippen molar-refractivity contribution in [1.29, 1.82) is 0 Å². The topological polar surface area (TPSA) is 70.8 Å². The van der Waals surface area contributed by atoms with Crippen molar-refractivity contribution in [3.8, 4) is 5.75 Å². The second-order valence-electron chi connectivity index (χ2n) is 6.52. The number of ether oxygens (including phenoxy) is 1. The summed E-state index contributed by atoms with van der Waals surface area (Å²) in [6.45, 7) is 5.33. The molecule has 0 bridgehead atoms. The highest BCUT2D eigenvalue weighted by Crippen LogP contribution is 2.18. The average molecular weight is 372 g/mol. The van der Waals surface area contributed by atoms with Gasteiger partial charge in [0.25, 0.3) is 0 Å². The Morgan fingerprint density at radius 2 is 1.85 bits per heavy atom. The quantitative estimate of drug-likeness (QED) is 0.733. The van der Waals surface area contributed by atoms with Crippen LogP contribution in [0.5, 0.6) is 5.75 Å². The first-order valence-electron chi connectivity index (χ1n) is 9.12. The van der Waals surface area contributed by atoms with Crippen molar-refractivity contribution in [2.75, 3.05) is 49.5 Å². The normalized spacial score (nSPS) is 14.8. The average Bonchev–Trinajstić information content (AvgIpc) is 2.66. The van der Waals surface area contributed by atoms with Gasteiger partial charge in [0, 0.05) is 44.1 Å². The van der Waals surface area contributed by atoms with Crippen LogP contribution in [0.1, 0.15) is 6.42 Å². The maximum absolute atomic E-state index is 13.3. The molecule has 2 amide bonds. The lowest BCUT2D eigenvalue weighted by Crippen LogP contribution is -2.46. The molecule has 6 nitrogen and oxygen atoms in total. The summed E-state index contributed by atoms with van der Waals surface area (Å²) in [5.74, 6) is 0.575. The Bertz CT molecular complexity index is 746. The lowest BCUT2D eigenvalue weighted by molar-refractivity contribution is 0.224. The van der Waals surface area contributed by atoms with Gasteiger partial charge in [-0.3, -0.25) is 4.90 Å². The summed E-state index contributed by atoms with van der Waals surface area (Å²) < 4.78 is 19.1. The fraction of sp³-hybridized carbons (Fsp3) is 0.350. The predicted molar refractivity (Wildman–Crippen MR) is 105 cm³/mol. The minimum absolute atomic E-state index is 0.189. The molecular weight excluding hydrogens is 347 g/mol. The first kappa shape index (κ1) is 19.0. The minimum Gasteiger partial charge on any atom is -0.494 e. The first-order chi connectivity index (χ1) is 13.1. The number of amides is 2. The molecule has 1 aliphatic rings. The van der Waals surface area contributed by atoms with E-state index in [1.165, 1.54) is 6.07 Å². The van der Waals surface area contributed by atoms with Crippen LogP contribution in [0.3, 0.4) is 0 Å². The van der Waals surface area contributed by atoms with Gasteiger partial charge in [0.1, 0.15) is 11.6 Å². The zero-order chi connectivity index (χ0) is 19.1. The number of primary amides is 1. The summed E-state index contributed by atoms with van der Waals surface area (Å²) in [5, 5.41) is 2.51. The number of halogens is 1. The SMILES string of the molecule is NC(=O)Nc1ccc(OCCCN2CCN(c3cccc(F)c3)CC2)cc1. The van der Waals surface area contributed by atoms with Gasteiger partial charge in [-0.25, -0.2) is 9.18 Å². The molecule has 0 aliphatic carbocycles. The maximum Gasteiger partial charge on any atom is 0.316 e. The number of nitrogens with one attached hydrogen (secondary N) is 1. The van der Waals surface area contributed by atoms with E-state index in [0.717, 1.165) is 50.6 Å². The van der Waals surface area contributed by atoms with Crippen LogP contribution in [0.15, 0.2) is 48.5 Å². The number of nitrogens with two attached hydrogens (primary N) is 1. The van der Waals surface area contributed by atoms with E-state index in [2.05, 4.69) is 15.1 Å². The van der Waals surface area contributed by atoms with Gasteiger partial charge < -0.3 is 20.7 Å². The number of carbonyl (C=O) groups is 1. The maximum atomic E-state index is 13.3. The molecule has 144 valence electrons. The van der Waals surface area contributed by atoms with Crippen molar-refractivity contribution in [2.24, 2.45) is 5.73 Å². The second-order valence-corrected chi connectivity index (χ2v) is 6.52. The van der Waals surface area contributed by atoms with E-state index < -0.39 is 6.03 Å². The Balaban J connectivity index is 1.34. The van der Waals surface area contributed by atoms with Gasteiger partial charge >= 0.3 is 6.03 Å². The summed E-state index contributed by atoms with van der Waals surface area (Å²) in [5.41, 5.74) is 6.67. The molecule has 0 radical (unpaired) electrons. The zero-order valence-electron chi connectivity index (χ0n) is 15.2. The van der Waals surface area contributed by atoms with Gasteiger partial charge in [-0.15, -0.1) is 0 Å². The lowest BCUT2D eigenvalue weighted by Gasteiger charge is -2.36. The molecule has 0 aromatic heterocycles. The van der Waals surface area contributed by atoms with Gasteiger partial charge in [0.15, 0.2) is 0 Å². The number of rotatable bonds is 7. The minimum atomic E-state index is -0.582. The van der Waals surface area contributed by atoms with Gasteiger partial charge in [0.05, 0.1) is 6.61 Å². The number of hydrogen-bond donors (Lipinski definition) is 2. The monoisotopic (exact) mass is 372 g/mol. The number of benzene rings is 2. The molecule has 27 heavy (non-hydrogen) atoms. The van der Waals surface area contributed by atoms with Crippen LogP contribution >= 0.6 is 0 Å². The van der Waals surface area contributed by atoms with Crippen molar-refractivity contribution in [1.82, 2.24) is 4.90 Å². The number of carbonyl (C=O) groups excluding carboxylic acids is 1. The molecule has 1 fully saturated rings. The molecule has 3 rings (SSSR count). The standard InChI is InChI=1S/C20H25FN4O2/c21-16-3-1-4-18(15-16)25-12-10-24(11-13-25)9-2-14-27-19-7-5-17(6-8-19)23-20(22)26/h1,3-8,15H,2,9-14H2,(H3,22,23,26). The summed E-state index contributed by atoms with van der Waals surface area (Å²) in [6, 6.07) is 13.3. The molecule has 0 atom stereocenters. The number of urea groups is 1. The molecule has 1 aliphatic heterocycles. The summed E-state index contributed by atoms with van der Waals surface area (Å²) in [4.78, 5) is 15.4. The molecule has 1 heterocycles. The van der Waals surface area contributed by atoms with Crippen LogP contribution in [0.4, 0.5) is 20.6 Å². The molecular formula is C20H25FN4O2. The molecule has 0 saturated carbocycles. The molecule has 1 saturated heterocycles. The smallest absolute Gasteiger partial charge is 0.316 e. The van der Waals surface area contributed by atoms with Crippen LogP contribution in [-0.2, 0) is 0 Å². The van der Waals surface area contributed by atoms with Crippen LogP contribution in [0, 0.1) is 5.82 Å². The summed E-state index contributed by atoms with van der Waals surface area (Å²) >= 11 is 0. The second kappa shape index (κ2) is 9.23. The highest BCUT2D eigenvalue weighted by molar-refractivity contribution is 5.87. The third kappa shape index (κ3) is 5.86. The Kier molecular flexibility index (Phi) is 6.49. The van der Waals surface area contributed by atoms with Crippen LogP contribution in [0.25, 0.3) is 0 Å². The van der Waals surface area contributed by atoms with E-state index in [1.54, 1.807) is 24.3 Å². The number of piperazine rings is 1. The van der Waals surface area contributed by atoms with E-state index in [-0.39, 0.29) is 5.82 Å². The molecule has 3 N–H and O–H groups in total. The van der Waals surface area contributed by atoms with Gasteiger partial charge in [-0.05, 0) is 48.9 Å². The first-order valence-corrected chi connectivity index (χ1v) is 9.12. The molecule has 0 spiro atoms. The number of hydrogen-bond acceptors (Lipinski definition) is 4. The molecule has 0 unspecified atom stereocenters.